The fraction of sp³-hybridized carbons (Fsp3) is 0.208. The summed E-state index contributed by atoms with van der Waals surface area (Å²) in [6.07, 6.45) is 3.80. The lowest BCUT2D eigenvalue weighted by Gasteiger charge is -2.20. The maximum Gasteiger partial charge on any atom is 0.233 e. The summed E-state index contributed by atoms with van der Waals surface area (Å²) in [6, 6.07) is 17.9. The van der Waals surface area contributed by atoms with Crippen molar-refractivity contribution in [2.45, 2.75) is 24.8 Å². The SMILES string of the molecule is CCSc1ccc(CC(=O)N(Cc2ccncc2)c2nc3cc(OC)ccc3s2)cc1. The Bertz CT molecular complexity index is 1160. The topological polar surface area (TPSA) is 55.3 Å². The normalized spacial score (nSPS) is 10.9. The Balaban J connectivity index is 1.62. The minimum Gasteiger partial charge on any atom is -0.497 e. The van der Waals surface area contributed by atoms with Gasteiger partial charge in [-0.3, -0.25) is 14.7 Å². The van der Waals surface area contributed by atoms with Crippen LogP contribution in [0.5, 0.6) is 5.75 Å². The van der Waals surface area contributed by atoms with E-state index in [0.29, 0.717) is 18.1 Å². The number of pyridine rings is 1. The molecule has 0 bridgehead atoms. The van der Waals surface area contributed by atoms with Crippen LogP contribution in [0.1, 0.15) is 18.1 Å². The van der Waals surface area contributed by atoms with E-state index in [-0.39, 0.29) is 5.91 Å². The van der Waals surface area contributed by atoms with Crippen LogP contribution in [0, 0.1) is 0 Å². The summed E-state index contributed by atoms with van der Waals surface area (Å²) >= 11 is 3.30. The lowest BCUT2D eigenvalue weighted by Crippen LogP contribution is -2.31. The molecule has 158 valence electrons. The molecule has 0 radical (unpaired) electrons. The third-order valence-electron chi connectivity index (χ3n) is 4.80. The Morgan fingerprint density at radius 2 is 1.84 bits per heavy atom. The van der Waals surface area contributed by atoms with Crippen LogP contribution in [0.3, 0.4) is 0 Å². The second-order valence-corrected chi connectivity index (χ2v) is 9.27. The van der Waals surface area contributed by atoms with Gasteiger partial charge in [0, 0.05) is 23.4 Å². The van der Waals surface area contributed by atoms with E-state index >= 15 is 0 Å². The standard InChI is InChI=1S/C24H23N3O2S2/c1-3-30-20-7-4-17(5-8-20)14-23(28)27(16-18-10-12-25-13-11-18)24-26-21-15-19(29-2)6-9-22(21)31-24/h4-13,15H,3,14,16H2,1-2H3. The molecule has 1 amide bonds. The van der Waals surface area contributed by atoms with Gasteiger partial charge in [-0.2, -0.15) is 0 Å². The van der Waals surface area contributed by atoms with E-state index in [1.165, 1.54) is 16.2 Å². The van der Waals surface area contributed by atoms with Crippen molar-refractivity contribution in [3.05, 3.63) is 78.1 Å². The molecule has 0 unspecified atom stereocenters. The molecule has 2 aromatic carbocycles. The number of carbonyl (C=O) groups is 1. The van der Waals surface area contributed by atoms with E-state index in [1.807, 2.05) is 42.5 Å². The summed E-state index contributed by atoms with van der Waals surface area (Å²) in [6.45, 7) is 2.58. The number of hydrogen-bond acceptors (Lipinski definition) is 6. The lowest BCUT2D eigenvalue weighted by atomic mass is 10.1. The number of amides is 1. The van der Waals surface area contributed by atoms with Crippen molar-refractivity contribution in [2.24, 2.45) is 0 Å². The van der Waals surface area contributed by atoms with Gasteiger partial charge in [0.15, 0.2) is 5.13 Å². The average Bonchev–Trinajstić information content (AvgIpc) is 3.22. The third kappa shape index (κ3) is 5.24. The van der Waals surface area contributed by atoms with Crippen LogP contribution < -0.4 is 9.64 Å². The van der Waals surface area contributed by atoms with Gasteiger partial charge < -0.3 is 4.74 Å². The van der Waals surface area contributed by atoms with Gasteiger partial charge in [0.05, 0.1) is 30.3 Å². The fourth-order valence-electron chi connectivity index (χ4n) is 3.21. The van der Waals surface area contributed by atoms with Gasteiger partial charge in [0.2, 0.25) is 5.91 Å². The van der Waals surface area contributed by atoms with Gasteiger partial charge in [0.25, 0.3) is 0 Å². The van der Waals surface area contributed by atoms with Crippen molar-refractivity contribution in [1.82, 2.24) is 9.97 Å². The zero-order valence-corrected chi connectivity index (χ0v) is 19.1. The minimum atomic E-state index is 0.0127. The summed E-state index contributed by atoms with van der Waals surface area (Å²) in [5.74, 6) is 1.79. The van der Waals surface area contributed by atoms with Crippen molar-refractivity contribution >= 4 is 44.4 Å². The lowest BCUT2D eigenvalue weighted by molar-refractivity contribution is -0.118. The molecule has 0 atom stereocenters. The van der Waals surface area contributed by atoms with Gasteiger partial charge >= 0.3 is 0 Å². The number of anilines is 1. The quantitative estimate of drug-likeness (QED) is 0.328. The number of aromatic nitrogens is 2. The molecule has 5 nitrogen and oxygen atoms in total. The zero-order valence-electron chi connectivity index (χ0n) is 17.4. The molecule has 2 aromatic heterocycles. The Labute approximate surface area is 190 Å². The van der Waals surface area contributed by atoms with Gasteiger partial charge in [-0.15, -0.1) is 11.8 Å². The smallest absolute Gasteiger partial charge is 0.233 e. The van der Waals surface area contributed by atoms with Crippen molar-refractivity contribution < 1.29 is 9.53 Å². The second kappa shape index (κ2) is 9.94. The number of fused-ring (bicyclic) bond motifs is 1. The summed E-state index contributed by atoms with van der Waals surface area (Å²) in [5, 5.41) is 0.684. The molecule has 0 aliphatic carbocycles. The van der Waals surface area contributed by atoms with Crippen molar-refractivity contribution in [3.8, 4) is 5.75 Å². The van der Waals surface area contributed by atoms with E-state index < -0.39 is 0 Å². The number of carbonyl (C=O) groups excluding carboxylic acids is 1. The largest absolute Gasteiger partial charge is 0.497 e. The predicted molar refractivity (Wildman–Crippen MR) is 128 cm³/mol. The fourth-order valence-corrected chi connectivity index (χ4v) is 4.84. The van der Waals surface area contributed by atoms with E-state index in [9.17, 15) is 4.79 Å². The first-order chi connectivity index (χ1) is 15.2. The van der Waals surface area contributed by atoms with Crippen LogP contribution in [0.4, 0.5) is 5.13 Å². The van der Waals surface area contributed by atoms with Crippen LogP contribution in [0.2, 0.25) is 0 Å². The molecule has 4 aromatic rings. The van der Waals surface area contributed by atoms with E-state index in [4.69, 9.17) is 9.72 Å². The van der Waals surface area contributed by atoms with E-state index in [1.54, 1.807) is 36.2 Å². The number of ether oxygens (including phenoxy) is 1. The summed E-state index contributed by atoms with van der Waals surface area (Å²) < 4.78 is 6.33. The van der Waals surface area contributed by atoms with Crippen LogP contribution in [-0.4, -0.2) is 28.7 Å². The summed E-state index contributed by atoms with van der Waals surface area (Å²) in [7, 11) is 1.64. The van der Waals surface area contributed by atoms with Crippen LogP contribution >= 0.6 is 23.1 Å². The average molecular weight is 450 g/mol. The van der Waals surface area contributed by atoms with E-state index in [2.05, 4.69) is 24.0 Å². The molecule has 31 heavy (non-hydrogen) atoms. The highest BCUT2D eigenvalue weighted by Gasteiger charge is 2.21. The first-order valence-corrected chi connectivity index (χ1v) is 11.8. The van der Waals surface area contributed by atoms with Crippen LogP contribution in [0.25, 0.3) is 10.2 Å². The maximum absolute atomic E-state index is 13.4. The molecule has 0 spiro atoms. The number of thioether (sulfide) groups is 1. The number of rotatable bonds is 8. The van der Waals surface area contributed by atoms with Gasteiger partial charge in [-0.25, -0.2) is 4.98 Å². The highest BCUT2D eigenvalue weighted by molar-refractivity contribution is 7.99. The Morgan fingerprint density at radius 1 is 1.06 bits per heavy atom. The van der Waals surface area contributed by atoms with Gasteiger partial charge in [0.1, 0.15) is 5.75 Å². The molecular formula is C24H23N3O2S2. The van der Waals surface area contributed by atoms with Crippen molar-refractivity contribution in [1.29, 1.82) is 0 Å². The van der Waals surface area contributed by atoms with Crippen LogP contribution in [-0.2, 0) is 17.8 Å². The van der Waals surface area contributed by atoms with Crippen molar-refractivity contribution in [3.63, 3.8) is 0 Å². The Hall–Kier alpha value is -2.90. The highest BCUT2D eigenvalue weighted by atomic mass is 32.2. The number of hydrogen-bond donors (Lipinski definition) is 0. The van der Waals surface area contributed by atoms with Crippen LogP contribution in [0.15, 0.2) is 71.9 Å². The predicted octanol–water partition coefficient (Wildman–Crippen LogP) is 5.59. The molecule has 7 heteroatoms. The molecule has 0 aliphatic heterocycles. The summed E-state index contributed by atoms with van der Waals surface area (Å²) in [5.41, 5.74) is 2.83. The minimum absolute atomic E-state index is 0.0127. The Morgan fingerprint density at radius 3 is 2.55 bits per heavy atom. The molecule has 0 aliphatic rings. The zero-order chi connectivity index (χ0) is 21.6. The molecule has 0 saturated carbocycles. The molecule has 2 heterocycles. The number of benzene rings is 2. The molecular weight excluding hydrogens is 426 g/mol. The second-order valence-electron chi connectivity index (χ2n) is 6.92. The maximum atomic E-state index is 13.4. The Kier molecular flexibility index (Phi) is 6.84. The molecule has 0 saturated heterocycles. The highest BCUT2D eigenvalue weighted by Crippen LogP contribution is 2.32. The van der Waals surface area contributed by atoms with Gasteiger partial charge in [-0.05, 0) is 53.3 Å². The summed E-state index contributed by atoms with van der Waals surface area (Å²) in [4.78, 5) is 25.2. The first-order valence-electron chi connectivity index (χ1n) is 10.0. The first kappa shape index (κ1) is 21.3. The van der Waals surface area contributed by atoms with Gasteiger partial charge in [-0.1, -0.05) is 30.4 Å². The number of methoxy groups -OCH3 is 1. The number of nitrogens with zero attached hydrogens (tertiary/aromatic N) is 3. The van der Waals surface area contributed by atoms with Crippen molar-refractivity contribution in [2.75, 3.05) is 17.8 Å². The molecule has 0 N–H and O–H groups in total. The monoisotopic (exact) mass is 449 g/mol. The van der Waals surface area contributed by atoms with E-state index in [0.717, 1.165) is 32.8 Å². The number of thiazole rings is 1. The third-order valence-corrected chi connectivity index (χ3v) is 6.75. The molecule has 4 rings (SSSR count). The molecule has 0 fully saturated rings.